The summed E-state index contributed by atoms with van der Waals surface area (Å²) in [5, 5.41) is 1.86. The summed E-state index contributed by atoms with van der Waals surface area (Å²) in [5.74, 6) is 0.414. The van der Waals surface area contributed by atoms with Crippen molar-refractivity contribution < 1.29 is 9.13 Å². The number of fused-ring (bicyclic) bond motifs is 1. The SMILES string of the molecule is Nc1ccc(OCc2cc(Br)ccc2F)c2ccccc12. The molecule has 0 aliphatic heterocycles. The van der Waals surface area contributed by atoms with Gasteiger partial charge in [0.2, 0.25) is 0 Å². The van der Waals surface area contributed by atoms with Crippen LogP contribution < -0.4 is 10.5 Å². The first-order chi connectivity index (χ1) is 10.1. The molecular formula is C17H13BrFNO. The van der Waals surface area contributed by atoms with Gasteiger partial charge in [-0.05, 0) is 30.3 Å². The van der Waals surface area contributed by atoms with E-state index in [2.05, 4.69) is 15.9 Å². The molecule has 0 aromatic heterocycles. The van der Waals surface area contributed by atoms with Crippen molar-refractivity contribution in [3.05, 3.63) is 70.5 Å². The zero-order chi connectivity index (χ0) is 14.8. The summed E-state index contributed by atoms with van der Waals surface area (Å²) in [5.41, 5.74) is 7.16. The van der Waals surface area contributed by atoms with E-state index in [1.807, 2.05) is 30.3 Å². The van der Waals surface area contributed by atoms with Gasteiger partial charge in [-0.2, -0.15) is 0 Å². The quantitative estimate of drug-likeness (QED) is 0.685. The van der Waals surface area contributed by atoms with E-state index in [0.717, 1.165) is 15.2 Å². The first-order valence-corrected chi connectivity index (χ1v) is 7.28. The lowest BCUT2D eigenvalue weighted by Gasteiger charge is -2.11. The van der Waals surface area contributed by atoms with E-state index in [1.54, 1.807) is 18.2 Å². The van der Waals surface area contributed by atoms with Crippen LogP contribution in [0, 0.1) is 5.82 Å². The fourth-order valence-corrected chi connectivity index (χ4v) is 2.64. The van der Waals surface area contributed by atoms with Crippen LogP contribution in [0.2, 0.25) is 0 Å². The number of hydrogen-bond acceptors (Lipinski definition) is 2. The Kier molecular flexibility index (Phi) is 3.80. The standard InChI is InChI=1S/C17H13BrFNO/c18-12-5-6-15(19)11(9-12)10-21-17-8-7-16(20)13-3-1-2-4-14(13)17/h1-9H,10,20H2. The fraction of sp³-hybridized carbons (Fsp3) is 0.0588. The lowest BCUT2D eigenvalue weighted by atomic mass is 10.1. The van der Waals surface area contributed by atoms with Gasteiger partial charge in [-0.1, -0.05) is 40.2 Å². The Morgan fingerprint density at radius 1 is 1.00 bits per heavy atom. The fourth-order valence-electron chi connectivity index (χ4n) is 2.23. The minimum absolute atomic E-state index is 0.166. The zero-order valence-electron chi connectivity index (χ0n) is 11.1. The summed E-state index contributed by atoms with van der Waals surface area (Å²) in [6.07, 6.45) is 0. The number of hydrogen-bond donors (Lipinski definition) is 1. The molecule has 0 atom stereocenters. The Labute approximate surface area is 130 Å². The molecule has 2 N–H and O–H groups in total. The molecule has 0 aliphatic rings. The number of benzene rings is 3. The van der Waals surface area contributed by atoms with Crippen molar-refractivity contribution >= 4 is 32.4 Å². The molecule has 21 heavy (non-hydrogen) atoms. The highest BCUT2D eigenvalue weighted by Gasteiger charge is 2.07. The zero-order valence-corrected chi connectivity index (χ0v) is 12.7. The number of nitrogens with two attached hydrogens (primary N) is 1. The van der Waals surface area contributed by atoms with Crippen molar-refractivity contribution in [2.45, 2.75) is 6.61 Å². The molecule has 0 spiro atoms. The summed E-state index contributed by atoms with van der Waals surface area (Å²) in [4.78, 5) is 0. The number of anilines is 1. The lowest BCUT2D eigenvalue weighted by molar-refractivity contribution is 0.303. The molecule has 0 saturated carbocycles. The average Bonchev–Trinajstić information content (AvgIpc) is 2.50. The highest BCUT2D eigenvalue weighted by atomic mass is 79.9. The second-order valence-electron chi connectivity index (χ2n) is 4.72. The summed E-state index contributed by atoms with van der Waals surface area (Å²) in [7, 11) is 0. The monoisotopic (exact) mass is 345 g/mol. The van der Waals surface area contributed by atoms with Crippen LogP contribution in [0.5, 0.6) is 5.75 Å². The minimum atomic E-state index is -0.280. The number of halogens is 2. The van der Waals surface area contributed by atoms with E-state index < -0.39 is 0 Å². The second kappa shape index (κ2) is 5.74. The molecule has 0 fully saturated rings. The van der Waals surface area contributed by atoms with Crippen molar-refractivity contribution in [1.82, 2.24) is 0 Å². The van der Waals surface area contributed by atoms with Gasteiger partial charge >= 0.3 is 0 Å². The Morgan fingerprint density at radius 2 is 1.76 bits per heavy atom. The van der Waals surface area contributed by atoms with Gasteiger partial charge in [-0.15, -0.1) is 0 Å². The van der Waals surface area contributed by atoms with Gasteiger partial charge in [-0.3, -0.25) is 0 Å². The van der Waals surface area contributed by atoms with Gasteiger partial charge in [0, 0.05) is 26.5 Å². The molecule has 2 nitrogen and oxygen atoms in total. The van der Waals surface area contributed by atoms with E-state index in [-0.39, 0.29) is 12.4 Å². The highest BCUT2D eigenvalue weighted by molar-refractivity contribution is 9.10. The van der Waals surface area contributed by atoms with Gasteiger partial charge in [0.25, 0.3) is 0 Å². The van der Waals surface area contributed by atoms with Crippen LogP contribution in [0.4, 0.5) is 10.1 Å². The summed E-state index contributed by atoms with van der Waals surface area (Å²) >= 11 is 3.33. The summed E-state index contributed by atoms with van der Waals surface area (Å²) in [6, 6.07) is 16.2. The Hall–Kier alpha value is -2.07. The molecule has 106 valence electrons. The first-order valence-electron chi connectivity index (χ1n) is 6.49. The van der Waals surface area contributed by atoms with E-state index in [4.69, 9.17) is 10.5 Å². The van der Waals surface area contributed by atoms with Gasteiger partial charge in [-0.25, -0.2) is 4.39 Å². The predicted octanol–water partition coefficient (Wildman–Crippen LogP) is 4.90. The van der Waals surface area contributed by atoms with Crippen molar-refractivity contribution in [3.8, 4) is 5.75 Å². The van der Waals surface area contributed by atoms with Gasteiger partial charge < -0.3 is 10.5 Å². The maximum atomic E-state index is 13.7. The Morgan fingerprint density at radius 3 is 2.57 bits per heavy atom. The van der Waals surface area contributed by atoms with E-state index in [0.29, 0.717) is 17.0 Å². The minimum Gasteiger partial charge on any atom is -0.488 e. The third-order valence-corrected chi connectivity index (χ3v) is 3.80. The molecule has 0 heterocycles. The highest BCUT2D eigenvalue weighted by Crippen LogP contribution is 2.30. The molecule has 0 saturated heterocycles. The van der Waals surface area contributed by atoms with Crippen LogP contribution in [0.3, 0.4) is 0 Å². The topological polar surface area (TPSA) is 35.2 Å². The third-order valence-electron chi connectivity index (χ3n) is 3.31. The predicted molar refractivity (Wildman–Crippen MR) is 86.8 cm³/mol. The molecule has 0 aliphatic carbocycles. The number of ether oxygens (including phenoxy) is 1. The van der Waals surface area contributed by atoms with Gasteiger partial charge in [0.05, 0.1) is 0 Å². The van der Waals surface area contributed by atoms with Crippen LogP contribution >= 0.6 is 15.9 Å². The largest absolute Gasteiger partial charge is 0.488 e. The summed E-state index contributed by atoms with van der Waals surface area (Å²) in [6.45, 7) is 0.166. The molecule has 4 heteroatoms. The Bertz CT molecular complexity index is 804. The summed E-state index contributed by atoms with van der Waals surface area (Å²) < 4.78 is 20.3. The van der Waals surface area contributed by atoms with Crippen LogP contribution in [0.25, 0.3) is 10.8 Å². The molecule has 3 aromatic carbocycles. The van der Waals surface area contributed by atoms with Crippen molar-refractivity contribution in [3.63, 3.8) is 0 Å². The molecule has 3 aromatic rings. The van der Waals surface area contributed by atoms with Crippen molar-refractivity contribution in [2.24, 2.45) is 0 Å². The molecule has 0 bridgehead atoms. The normalized spacial score (nSPS) is 10.8. The lowest BCUT2D eigenvalue weighted by Crippen LogP contribution is -1.99. The maximum Gasteiger partial charge on any atom is 0.129 e. The number of rotatable bonds is 3. The third kappa shape index (κ3) is 2.85. The molecule has 0 unspecified atom stereocenters. The van der Waals surface area contributed by atoms with Crippen molar-refractivity contribution in [2.75, 3.05) is 5.73 Å². The number of nitrogen functional groups attached to an aromatic ring is 1. The molecule has 0 radical (unpaired) electrons. The Balaban J connectivity index is 1.92. The molecular weight excluding hydrogens is 333 g/mol. The van der Waals surface area contributed by atoms with Crippen LogP contribution in [0.1, 0.15) is 5.56 Å². The smallest absolute Gasteiger partial charge is 0.129 e. The van der Waals surface area contributed by atoms with Crippen LogP contribution in [-0.2, 0) is 6.61 Å². The van der Waals surface area contributed by atoms with Crippen molar-refractivity contribution in [1.29, 1.82) is 0 Å². The average molecular weight is 346 g/mol. The molecule has 3 rings (SSSR count). The van der Waals surface area contributed by atoms with E-state index >= 15 is 0 Å². The van der Waals surface area contributed by atoms with E-state index in [9.17, 15) is 4.39 Å². The molecule has 0 amide bonds. The van der Waals surface area contributed by atoms with Gasteiger partial charge in [0.15, 0.2) is 0 Å². The maximum absolute atomic E-state index is 13.7. The van der Waals surface area contributed by atoms with Gasteiger partial charge in [0.1, 0.15) is 18.2 Å². The van der Waals surface area contributed by atoms with Crippen LogP contribution in [0.15, 0.2) is 59.1 Å². The second-order valence-corrected chi connectivity index (χ2v) is 5.64. The first kappa shape index (κ1) is 13.9. The van der Waals surface area contributed by atoms with Crippen LogP contribution in [-0.4, -0.2) is 0 Å². The van der Waals surface area contributed by atoms with E-state index in [1.165, 1.54) is 6.07 Å².